The fourth-order valence-electron chi connectivity index (χ4n) is 3.08. The molecular weight excluding hydrogens is 300 g/mol. The van der Waals surface area contributed by atoms with Crippen LogP contribution in [0.5, 0.6) is 0 Å². The third-order valence-corrected chi connectivity index (χ3v) is 4.38. The number of rotatable bonds is 6. The predicted octanol–water partition coefficient (Wildman–Crippen LogP) is 2.54. The Kier molecular flexibility index (Phi) is 5.26. The van der Waals surface area contributed by atoms with Crippen LogP contribution in [0.15, 0.2) is 60.7 Å². The van der Waals surface area contributed by atoms with E-state index in [0.717, 1.165) is 12.0 Å². The van der Waals surface area contributed by atoms with E-state index in [0.29, 0.717) is 25.9 Å². The Balaban J connectivity index is 1.55. The molecular formula is C20H22N2O2. The number of hydrogen-bond donors (Lipinski definition) is 1. The Labute approximate surface area is 142 Å². The highest BCUT2D eigenvalue weighted by Crippen LogP contribution is 2.21. The topological polar surface area (TPSA) is 49.4 Å². The van der Waals surface area contributed by atoms with Gasteiger partial charge < -0.3 is 10.2 Å². The highest BCUT2D eigenvalue weighted by molar-refractivity contribution is 5.90. The molecule has 4 nitrogen and oxygen atoms in total. The van der Waals surface area contributed by atoms with Crippen LogP contribution in [0.3, 0.4) is 0 Å². The largest absolute Gasteiger partial charge is 0.354 e. The minimum absolute atomic E-state index is 0.0484. The second-order valence-electron chi connectivity index (χ2n) is 6.09. The van der Waals surface area contributed by atoms with Crippen molar-refractivity contribution in [1.82, 2.24) is 10.2 Å². The van der Waals surface area contributed by atoms with E-state index >= 15 is 0 Å². The summed E-state index contributed by atoms with van der Waals surface area (Å²) in [6, 6.07) is 19.5. The van der Waals surface area contributed by atoms with Gasteiger partial charge in [0.15, 0.2) is 0 Å². The Bertz CT molecular complexity index is 685. The predicted molar refractivity (Wildman–Crippen MR) is 93.2 cm³/mol. The lowest BCUT2D eigenvalue weighted by Gasteiger charge is -2.24. The van der Waals surface area contributed by atoms with Gasteiger partial charge >= 0.3 is 0 Å². The standard InChI is InChI=1S/C20H22N2O2/c23-19-12-11-18(22(19)15-17-9-5-2-6-10-17)20(24)21-14-13-16-7-3-1-4-8-16/h1-10,18H,11-15H2,(H,21,24). The van der Waals surface area contributed by atoms with Gasteiger partial charge in [0.2, 0.25) is 11.8 Å². The molecule has 1 atom stereocenters. The maximum absolute atomic E-state index is 12.5. The second-order valence-corrected chi connectivity index (χ2v) is 6.09. The van der Waals surface area contributed by atoms with Gasteiger partial charge in [0.1, 0.15) is 6.04 Å². The van der Waals surface area contributed by atoms with E-state index in [-0.39, 0.29) is 17.9 Å². The number of likely N-dealkylation sites (tertiary alicyclic amines) is 1. The first-order chi connectivity index (χ1) is 11.7. The van der Waals surface area contributed by atoms with Gasteiger partial charge in [0.05, 0.1) is 0 Å². The van der Waals surface area contributed by atoms with Gasteiger partial charge in [-0.1, -0.05) is 60.7 Å². The summed E-state index contributed by atoms with van der Waals surface area (Å²) >= 11 is 0. The van der Waals surface area contributed by atoms with Gasteiger partial charge in [0, 0.05) is 19.5 Å². The summed E-state index contributed by atoms with van der Waals surface area (Å²) in [6.07, 6.45) is 1.85. The molecule has 0 spiro atoms. The molecule has 1 saturated heterocycles. The highest BCUT2D eigenvalue weighted by atomic mass is 16.2. The van der Waals surface area contributed by atoms with Crippen molar-refractivity contribution in [3.63, 3.8) is 0 Å². The summed E-state index contributed by atoms with van der Waals surface area (Å²) in [5, 5.41) is 2.98. The first kappa shape index (κ1) is 16.2. The van der Waals surface area contributed by atoms with E-state index in [1.807, 2.05) is 60.7 Å². The van der Waals surface area contributed by atoms with Gasteiger partial charge in [-0.05, 0) is 24.0 Å². The normalized spacial score (nSPS) is 17.1. The minimum atomic E-state index is -0.353. The van der Waals surface area contributed by atoms with E-state index < -0.39 is 0 Å². The lowest BCUT2D eigenvalue weighted by molar-refractivity contribution is -0.135. The zero-order valence-electron chi connectivity index (χ0n) is 13.7. The Morgan fingerprint density at radius 1 is 1.00 bits per heavy atom. The van der Waals surface area contributed by atoms with Crippen LogP contribution in [-0.2, 0) is 22.6 Å². The molecule has 1 fully saturated rings. The fourth-order valence-corrected chi connectivity index (χ4v) is 3.08. The number of carbonyl (C=O) groups is 2. The number of amides is 2. The molecule has 24 heavy (non-hydrogen) atoms. The van der Waals surface area contributed by atoms with Crippen molar-refractivity contribution in [1.29, 1.82) is 0 Å². The number of carbonyl (C=O) groups excluding carboxylic acids is 2. The lowest BCUT2D eigenvalue weighted by atomic mass is 10.1. The zero-order chi connectivity index (χ0) is 16.8. The van der Waals surface area contributed by atoms with E-state index in [2.05, 4.69) is 5.32 Å². The third kappa shape index (κ3) is 4.02. The van der Waals surface area contributed by atoms with Crippen molar-refractivity contribution in [3.8, 4) is 0 Å². The summed E-state index contributed by atoms with van der Waals surface area (Å²) in [4.78, 5) is 26.3. The maximum Gasteiger partial charge on any atom is 0.242 e. The van der Waals surface area contributed by atoms with Crippen LogP contribution in [0.1, 0.15) is 24.0 Å². The SMILES string of the molecule is O=C(NCCc1ccccc1)C1CCC(=O)N1Cc1ccccc1. The van der Waals surface area contributed by atoms with Crippen molar-refractivity contribution in [2.75, 3.05) is 6.54 Å². The zero-order valence-corrected chi connectivity index (χ0v) is 13.7. The van der Waals surface area contributed by atoms with E-state index in [1.54, 1.807) is 4.90 Å². The quantitative estimate of drug-likeness (QED) is 0.888. The van der Waals surface area contributed by atoms with Crippen molar-refractivity contribution >= 4 is 11.8 Å². The van der Waals surface area contributed by atoms with Gasteiger partial charge in [-0.15, -0.1) is 0 Å². The van der Waals surface area contributed by atoms with Crippen molar-refractivity contribution in [3.05, 3.63) is 71.8 Å². The van der Waals surface area contributed by atoms with Crippen molar-refractivity contribution < 1.29 is 9.59 Å². The second kappa shape index (κ2) is 7.77. The number of benzene rings is 2. The summed E-state index contributed by atoms with van der Waals surface area (Å²) in [5.74, 6) is 0.00905. The van der Waals surface area contributed by atoms with E-state index in [4.69, 9.17) is 0 Å². The van der Waals surface area contributed by atoms with Crippen molar-refractivity contribution in [2.24, 2.45) is 0 Å². The van der Waals surface area contributed by atoms with Crippen LogP contribution < -0.4 is 5.32 Å². The summed E-state index contributed by atoms with van der Waals surface area (Å²) in [5.41, 5.74) is 2.25. The summed E-state index contributed by atoms with van der Waals surface area (Å²) < 4.78 is 0. The molecule has 0 radical (unpaired) electrons. The smallest absolute Gasteiger partial charge is 0.242 e. The highest BCUT2D eigenvalue weighted by Gasteiger charge is 2.35. The summed E-state index contributed by atoms with van der Waals surface area (Å²) in [6.45, 7) is 1.09. The van der Waals surface area contributed by atoms with Gasteiger partial charge in [-0.25, -0.2) is 0 Å². The molecule has 4 heteroatoms. The Morgan fingerprint density at radius 2 is 1.62 bits per heavy atom. The maximum atomic E-state index is 12.5. The van der Waals surface area contributed by atoms with E-state index in [9.17, 15) is 9.59 Å². The molecule has 0 aromatic heterocycles. The molecule has 124 valence electrons. The molecule has 0 aliphatic carbocycles. The minimum Gasteiger partial charge on any atom is -0.354 e. The monoisotopic (exact) mass is 322 g/mol. The van der Waals surface area contributed by atoms with Crippen LogP contribution >= 0.6 is 0 Å². The van der Waals surface area contributed by atoms with Crippen LogP contribution in [-0.4, -0.2) is 29.3 Å². The van der Waals surface area contributed by atoms with Crippen LogP contribution in [0, 0.1) is 0 Å². The molecule has 1 aliphatic rings. The molecule has 0 saturated carbocycles. The lowest BCUT2D eigenvalue weighted by Crippen LogP contribution is -2.44. The van der Waals surface area contributed by atoms with Crippen LogP contribution in [0.4, 0.5) is 0 Å². The number of nitrogens with one attached hydrogen (secondary N) is 1. The van der Waals surface area contributed by atoms with Crippen LogP contribution in [0.2, 0.25) is 0 Å². The molecule has 1 heterocycles. The third-order valence-electron chi connectivity index (χ3n) is 4.38. The molecule has 2 aromatic carbocycles. The molecule has 2 aromatic rings. The first-order valence-corrected chi connectivity index (χ1v) is 8.39. The Hall–Kier alpha value is -2.62. The molecule has 3 rings (SSSR count). The van der Waals surface area contributed by atoms with Crippen molar-refractivity contribution in [2.45, 2.75) is 31.8 Å². The average molecular weight is 322 g/mol. The van der Waals surface area contributed by atoms with Gasteiger partial charge in [-0.3, -0.25) is 9.59 Å². The Morgan fingerprint density at radius 3 is 2.29 bits per heavy atom. The molecule has 1 unspecified atom stereocenters. The van der Waals surface area contributed by atoms with E-state index in [1.165, 1.54) is 5.56 Å². The first-order valence-electron chi connectivity index (χ1n) is 8.39. The number of hydrogen-bond acceptors (Lipinski definition) is 2. The van der Waals surface area contributed by atoms with Gasteiger partial charge in [0.25, 0.3) is 0 Å². The van der Waals surface area contributed by atoms with Crippen LogP contribution in [0.25, 0.3) is 0 Å². The number of nitrogens with zero attached hydrogens (tertiary/aromatic N) is 1. The molecule has 1 N–H and O–H groups in total. The summed E-state index contributed by atoms with van der Waals surface area (Å²) in [7, 11) is 0. The molecule has 1 aliphatic heterocycles. The average Bonchev–Trinajstić information content (AvgIpc) is 2.97. The molecule has 2 amide bonds. The van der Waals surface area contributed by atoms with Gasteiger partial charge in [-0.2, -0.15) is 0 Å². The molecule has 0 bridgehead atoms. The fraction of sp³-hybridized carbons (Fsp3) is 0.300.